The van der Waals surface area contributed by atoms with Gasteiger partial charge in [-0.1, -0.05) is 24.6 Å². The molecule has 0 aliphatic rings. The molecule has 0 saturated heterocycles. The van der Waals surface area contributed by atoms with Crippen LogP contribution in [0, 0.1) is 6.92 Å². The molecule has 0 fully saturated rings. The van der Waals surface area contributed by atoms with Gasteiger partial charge >= 0.3 is 0 Å². The molecule has 2 N–H and O–H groups in total. The van der Waals surface area contributed by atoms with Gasteiger partial charge in [0.15, 0.2) is 0 Å². The van der Waals surface area contributed by atoms with Crippen molar-refractivity contribution in [3.05, 3.63) is 47.5 Å². The number of phenolic OH excluding ortho intramolecular Hbond substituents is 2. The van der Waals surface area contributed by atoms with Crippen molar-refractivity contribution in [1.82, 2.24) is 0 Å². The van der Waals surface area contributed by atoms with E-state index in [1.54, 1.807) is 12.1 Å². The number of hydrogen-bond acceptors (Lipinski definition) is 3. The molecule has 19 heavy (non-hydrogen) atoms. The Morgan fingerprint density at radius 2 is 1.58 bits per heavy atom. The highest BCUT2D eigenvalue weighted by molar-refractivity contribution is 7.85. The molecule has 2 rings (SSSR count). The lowest BCUT2D eigenvalue weighted by Gasteiger charge is -2.11. The van der Waals surface area contributed by atoms with Crippen LogP contribution in [0.3, 0.4) is 0 Å². The number of benzene rings is 2. The van der Waals surface area contributed by atoms with Gasteiger partial charge in [0, 0.05) is 10.5 Å². The average Bonchev–Trinajstić information content (AvgIpc) is 2.41. The summed E-state index contributed by atoms with van der Waals surface area (Å²) >= 11 is 0. The summed E-state index contributed by atoms with van der Waals surface area (Å²) in [5.74, 6) is 0.0179. The van der Waals surface area contributed by atoms with E-state index in [1.165, 1.54) is 12.1 Å². The molecule has 1 atom stereocenters. The average molecular weight is 276 g/mol. The Balaban J connectivity index is 2.55. The van der Waals surface area contributed by atoms with Crippen LogP contribution < -0.4 is 0 Å². The predicted molar refractivity (Wildman–Crippen MR) is 75.0 cm³/mol. The minimum Gasteiger partial charge on any atom is -0.508 e. The Hall–Kier alpha value is -1.81. The largest absolute Gasteiger partial charge is 0.508 e. The zero-order valence-corrected chi connectivity index (χ0v) is 11.7. The Kier molecular flexibility index (Phi) is 3.90. The van der Waals surface area contributed by atoms with Gasteiger partial charge in [-0.25, -0.2) is 4.21 Å². The number of aryl methyl sites for hydroxylation is 1. The van der Waals surface area contributed by atoms with E-state index in [1.807, 2.05) is 26.0 Å². The van der Waals surface area contributed by atoms with Crippen LogP contribution in [-0.4, -0.2) is 14.4 Å². The fourth-order valence-electron chi connectivity index (χ4n) is 1.93. The second-order valence-corrected chi connectivity index (χ2v) is 5.76. The number of hydrogen-bond donors (Lipinski definition) is 2. The van der Waals surface area contributed by atoms with Crippen molar-refractivity contribution >= 4 is 10.8 Å². The maximum Gasteiger partial charge on any atom is 0.132 e. The molecular weight excluding hydrogens is 260 g/mol. The van der Waals surface area contributed by atoms with Gasteiger partial charge in [-0.15, -0.1) is 0 Å². The highest BCUT2D eigenvalue weighted by atomic mass is 32.2. The van der Waals surface area contributed by atoms with Crippen LogP contribution in [0.5, 0.6) is 11.5 Å². The third-order valence-electron chi connectivity index (χ3n) is 2.99. The second kappa shape index (κ2) is 5.45. The lowest BCUT2D eigenvalue weighted by Crippen LogP contribution is -1.99. The highest BCUT2D eigenvalue weighted by Crippen LogP contribution is 2.34. The number of rotatable bonds is 3. The van der Waals surface area contributed by atoms with Gasteiger partial charge in [-0.2, -0.15) is 0 Å². The van der Waals surface area contributed by atoms with Gasteiger partial charge in [0.2, 0.25) is 0 Å². The van der Waals surface area contributed by atoms with E-state index in [4.69, 9.17) is 0 Å². The van der Waals surface area contributed by atoms with Gasteiger partial charge in [-0.3, -0.25) is 0 Å². The molecule has 0 amide bonds. The first-order valence-electron chi connectivity index (χ1n) is 6.06. The molecule has 0 aliphatic carbocycles. The van der Waals surface area contributed by atoms with E-state index in [9.17, 15) is 14.4 Å². The molecule has 0 unspecified atom stereocenters. The van der Waals surface area contributed by atoms with Crippen molar-refractivity contribution in [1.29, 1.82) is 0 Å². The monoisotopic (exact) mass is 276 g/mol. The molecule has 3 nitrogen and oxygen atoms in total. The van der Waals surface area contributed by atoms with Gasteiger partial charge in [0.1, 0.15) is 11.5 Å². The molecule has 0 aromatic heterocycles. The Morgan fingerprint density at radius 1 is 1.00 bits per heavy atom. The maximum absolute atomic E-state index is 12.6. The van der Waals surface area contributed by atoms with Crippen LogP contribution in [0.25, 0.3) is 0 Å². The maximum atomic E-state index is 12.6. The van der Waals surface area contributed by atoms with Gasteiger partial charge in [-0.05, 0) is 37.6 Å². The van der Waals surface area contributed by atoms with Crippen molar-refractivity contribution in [3.8, 4) is 11.5 Å². The molecule has 2 aromatic rings. The Morgan fingerprint density at radius 3 is 2.16 bits per heavy atom. The molecule has 0 spiro atoms. The normalized spacial score (nSPS) is 12.3. The molecule has 0 saturated carbocycles. The molecule has 100 valence electrons. The van der Waals surface area contributed by atoms with E-state index >= 15 is 0 Å². The zero-order chi connectivity index (χ0) is 14.0. The van der Waals surface area contributed by atoms with Gasteiger partial charge in [0.05, 0.1) is 15.7 Å². The summed E-state index contributed by atoms with van der Waals surface area (Å²) in [6.45, 7) is 3.81. The molecule has 0 heterocycles. The fourth-order valence-corrected chi connectivity index (χ4v) is 3.28. The first-order chi connectivity index (χ1) is 9.04. The smallest absolute Gasteiger partial charge is 0.132 e. The second-order valence-electron chi connectivity index (χ2n) is 4.35. The third-order valence-corrected chi connectivity index (χ3v) is 4.52. The lowest BCUT2D eigenvalue weighted by molar-refractivity contribution is 0.441. The van der Waals surface area contributed by atoms with Gasteiger partial charge < -0.3 is 10.2 Å². The van der Waals surface area contributed by atoms with E-state index in [0.29, 0.717) is 21.8 Å². The molecule has 4 heteroatoms. The fraction of sp³-hybridized carbons (Fsp3) is 0.200. The van der Waals surface area contributed by atoms with Crippen LogP contribution in [0.15, 0.2) is 46.2 Å². The standard InChI is InChI=1S/C15H16O3S/c1-3-12-13(16)8-9-14(17)15(12)19(18)11-6-4-10(2)5-7-11/h4-9,16-17H,3H2,1-2H3/t19-/m0/s1. The Bertz CT molecular complexity index is 618. The first-order valence-corrected chi connectivity index (χ1v) is 7.21. The van der Waals surface area contributed by atoms with Crippen LogP contribution in [0.2, 0.25) is 0 Å². The van der Waals surface area contributed by atoms with Crippen LogP contribution in [0.1, 0.15) is 18.1 Å². The summed E-state index contributed by atoms with van der Waals surface area (Å²) in [6.07, 6.45) is 0.507. The summed E-state index contributed by atoms with van der Waals surface area (Å²) in [4.78, 5) is 0.910. The molecular formula is C15H16O3S. The number of phenols is 2. The summed E-state index contributed by atoms with van der Waals surface area (Å²) in [6, 6.07) is 10.1. The van der Waals surface area contributed by atoms with Crippen molar-refractivity contribution in [2.75, 3.05) is 0 Å². The van der Waals surface area contributed by atoms with Crippen LogP contribution >= 0.6 is 0 Å². The molecule has 0 bridgehead atoms. The van der Waals surface area contributed by atoms with Gasteiger partial charge in [0.25, 0.3) is 0 Å². The highest BCUT2D eigenvalue weighted by Gasteiger charge is 2.18. The molecule has 0 radical (unpaired) electrons. The topological polar surface area (TPSA) is 57.5 Å². The minimum atomic E-state index is -1.50. The summed E-state index contributed by atoms with van der Waals surface area (Å²) < 4.78 is 12.6. The van der Waals surface area contributed by atoms with E-state index < -0.39 is 10.8 Å². The van der Waals surface area contributed by atoms with Crippen LogP contribution in [0.4, 0.5) is 0 Å². The zero-order valence-electron chi connectivity index (χ0n) is 10.9. The third kappa shape index (κ3) is 2.63. The van der Waals surface area contributed by atoms with Crippen molar-refractivity contribution in [3.63, 3.8) is 0 Å². The summed E-state index contributed by atoms with van der Waals surface area (Å²) in [5, 5.41) is 19.7. The van der Waals surface area contributed by atoms with Crippen molar-refractivity contribution in [2.24, 2.45) is 0 Å². The van der Waals surface area contributed by atoms with E-state index in [-0.39, 0.29) is 11.5 Å². The van der Waals surface area contributed by atoms with E-state index in [2.05, 4.69) is 0 Å². The summed E-state index contributed by atoms with van der Waals surface area (Å²) in [5.41, 5.74) is 1.61. The van der Waals surface area contributed by atoms with Crippen LogP contribution in [-0.2, 0) is 17.2 Å². The Labute approximate surface area is 115 Å². The van der Waals surface area contributed by atoms with E-state index in [0.717, 1.165) is 5.56 Å². The van der Waals surface area contributed by atoms with Crippen molar-refractivity contribution < 1.29 is 14.4 Å². The minimum absolute atomic E-state index is 0.0476. The molecule has 2 aromatic carbocycles. The summed E-state index contributed by atoms with van der Waals surface area (Å²) in [7, 11) is -1.50. The number of aromatic hydroxyl groups is 2. The lowest BCUT2D eigenvalue weighted by atomic mass is 10.1. The predicted octanol–water partition coefficient (Wildman–Crippen LogP) is 3.14. The molecule has 0 aliphatic heterocycles. The SMILES string of the molecule is CCc1c(O)ccc(O)c1[S@@](=O)c1ccc(C)cc1. The van der Waals surface area contributed by atoms with Crippen molar-refractivity contribution in [2.45, 2.75) is 30.1 Å². The first kappa shape index (κ1) is 13.6. The quantitative estimate of drug-likeness (QED) is 0.847.